The van der Waals surface area contributed by atoms with Gasteiger partial charge in [-0.2, -0.15) is 12.6 Å². The number of unbranched alkanes of at least 4 members (excludes halogenated alkanes) is 1. The SMILES string of the molecule is CCOC(=O)CCCCn1nncc1C=C1CN(C(C(=O)C2CC2)c2ccccc2F)CCC1S. The second-order valence-electron chi connectivity index (χ2n) is 9.24. The smallest absolute Gasteiger partial charge is 0.305 e. The number of carbonyl (C=O) groups is 2. The Morgan fingerprint density at radius 3 is 2.80 bits per heavy atom. The van der Waals surface area contributed by atoms with E-state index in [9.17, 15) is 14.0 Å². The van der Waals surface area contributed by atoms with E-state index < -0.39 is 6.04 Å². The number of hydrogen-bond donors (Lipinski definition) is 1. The van der Waals surface area contributed by atoms with Crippen LogP contribution in [0.2, 0.25) is 0 Å². The molecule has 2 aromatic rings. The number of Topliss-reactive ketones (excluding diaryl/α,β-unsaturated/α-hetero) is 1. The Labute approximate surface area is 211 Å². The van der Waals surface area contributed by atoms with E-state index in [0.29, 0.717) is 44.6 Å². The van der Waals surface area contributed by atoms with Gasteiger partial charge in [-0.05, 0) is 56.7 Å². The van der Waals surface area contributed by atoms with Gasteiger partial charge in [-0.1, -0.05) is 23.4 Å². The number of esters is 1. The molecule has 2 fully saturated rings. The van der Waals surface area contributed by atoms with Crippen molar-refractivity contribution in [1.82, 2.24) is 19.9 Å². The standard InChI is InChI=1S/C26H33FN4O3S/c1-2-34-24(32)9-5-6-13-31-20(16-28-29-31)15-19-17-30(14-12-23(19)35)25(26(33)18-10-11-18)21-7-3-4-8-22(21)27/h3-4,7-8,15-16,18,23,25,35H,2,5-6,9-14,17H2,1H3. The van der Waals surface area contributed by atoms with Crippen LogP contribution in [0.25, 0.3) is 6.08 Å². The molecule has 7 nitrogen and oxygen atoms in total. The van der Waals surface area contributed by atoms with Crippen LogP contribution in [0.15, 0.2) is 36.0 Å². The molecule has 0 bridgehead atoms. The summed E-state index contributed by atoms with van der Waals surface area (Å²) in [5.74, 6) is -0.379. The lowest BCUT2D eigenvalue weighted by molar-refractivity contribution is -0.143. The molecule has 4 rings (SSSR count). The molecular formula is C26H33FN4O3S. The molecule has 2 atom stereocenters. The average Bonchev–Trinajstić information content (AvgIpc) is 3.61. The maximum Gasteiger partial charge on any atom is 0.305 e. The summed E-state index contributed by atoms with van der Waals surface area (Å²) in [6.45, 7) is 4.03. The maximum atomic E-state index is 14.8. The molecule has 0 N–H and O–H groups in total. The third-order valence-corrected chi connectivity index (χ3v) is 7.19. The number of likely N-dealkylation sites (tertiary alicyclic amines) is 1. The summed E-state index contributed by atoms with van der Waals surface area (Å²) in [6, 6.07) is 6.02. The van der Waals surface area contributed by atoms with Crippen molar-refractivity contribution in [1.29, 1.82) is 0 Å². The number of hydrogen-bond acceptors (Lipinski definition) is 7. The van der Waals surface area contributed by atoms with Gasteiger partial charge in [-0.15, -0.1) is 5.10 Å². The van der Waals surface area contributed by atoms with Gasteiger partial charge in [0.2, 0.25) is 0 Å². The van der Waals surface area contributed by atoms with Gasteiger partial charge in [0.05, 0.1) is 24.5 Å². The van der Waals surface area contributed by atoms with Gasteiger partial charge >= 0.3 is 5.97 Å². The van der Waals surface area contributed by atoms with Crippen molar-refractivity contribution in [2.75, 3.05) is 19.7 Å². The Bertz CT molecular complexity index is 1070. The third-order valence-electron chi connectivity index (χ3n) is 6.60. The first-order chi connectivity index (χ1) is 17.0. The lowest BCUT2D eigenvalue weighted by Gasteiger charge is -2.37. The topological polar surface area (TPSA) is 77.3 Å². The summed E-state index contributed by atoms with van der Waals surface area (Å²) in [6.07, 6.45) is 8.16. The number of rotatable bonds is 11. The molecule has 9 heteroatoms. The fraction of sp³-hybridized carbons (Fsp3) is 0.538. The molecule has 1 aromatic heterocycles. The van der Waals surface area contributed by atoms with Crippen molar-refractivity contribution in [3.8, 4) is 0 Å². The van der Waals surface area contributed by atoms with E-state index in [4.69, 9.17) is 17.4 Å². The van der Waals surface area contributed by atoms with E-state index in [0.717, 1.165) is 37.0 Å². The number of aromatic nitrogens is 3. The number of piperidine rings is 1. The minimum absolute atomic E-state index is 0.0287. The fourth-order valence-corrected chi connectivity index (χ4v) is 4.85. The monoisotopic (exact) mass is 500 g/mol. The van der Waals surface area contributed by atoms with Crippen molar-refractivity contribution < 1.29 is 18.7 Å². The maximum absolute atomic E-state index is 14.8. The van der Waals surface area contributed by atoms with Gasteiger partial charge in [0.15, 0.2) is 5.78 Å². The number of halogens is 1. The van der Waals surface area contributed by atoms with Gasteiger partial charge in [0.25, 0.3) is 0 Å². The fourth-order valence-electron chi connectivity index (χ4n) is 4.58. The molecule has 0 amide bonds. The van der Waals surface area contributed by atoms with Crippen LogP contribution in [0.4, 0.5) is 4.39 Å². The van der Waals surface area contributed by atoms with Crippen molar-refractivity contribution in [3.05, 3.63) is 53.1 Å². The van der Waals surface area contributed by atoms with E-state index in [2.05, 4.69) is 15.2 Å². The van der Waals surface area contributed by atoms with Crippen molar-refractivity contribution >= 4 is 30.5 Å². The molecule has 2 aliphatic rings. The van der Waals surface area contributed by atoms with Gasteiger partial charge in [0.1, 0.15) is 5.82 Å². The second kappa shape index (κ2) is 11.9. The highest BCUT2D eigenvalue weighted by Gasteiger charge is 2.40. The average molecular weight is 501 g/mol. The number of aryl methyl sites for hydroxylation is 1. The predicted octanol–water partition coefficient (Wildman–Crippen LogP) is 4.26. The summed E-state index contributed by atoms with van der Waals surface area (Å²) in [5.41, 5.74) is 2.36. The summed E-state index contributed by atoms with van der Waals surface area (Å²) in [7, 11) is 0. The van der Waals surface area contributed by atoms with Crippen molar-refractivity contribution in [2.45, 2.75) is 63.3 Å². The molecule has 1 aromatic carbocycles. The van der Waals surface area contributed by atoms with E-state index in [1.807, 2.05) is 10.8 Å². The Morgan fingerprint density at radius 1 is 1.26 bits per heavy atom. The van der Waals surface area contributed by atoms with Crippen LogP contribution in [0.5, 0.6) is 0 Å². The highest BCUT2D eigenvalue weighted by Crippen LogP contribution is 2.39. The minimum Gasteiger partial charge on any atom is -0.466 e. The molecule has 2 unspecified atom stereocenters. The van der Waals surface area contributed by atoms with Gasteiger partial charge in [-0.25, -0.2) is 9.07 Å². The van der Waals surface area contributed by atoms with Crippen LogP contribution in [-0.2, 0) is 20.9 Å². The Balaban J connectivity index is 1.47. The number of thiol groups is 1. The third kappa shape index (κ3) is 6.58. The van der Waals surface area contributed by atoms with Crippen molar-refractivity contribution in [2.24, 2.45) is 5.92 Å². The number of ether oxygens (including phenoxy) is 1. The molecule has 0 radical (unpaired) electrons. The minimum atomic E-state index is -0.584. The molecule has 35 heavy (non-hydrogen) atoms. The second-order valence-corrected chi connectivity index (χ2v) is 9.86. The first-order valence-electron chi connectivity index (χ1n) is 12.4. The Kier molecular flexibility index (Phi) is 8.73. The van der Waals surface area contributed by atoms with E-state index in [1.54, 1.807) is 31.3 Å². The molecule has 1 saturated carbocycles. The summed E-state index contributed by atoms with van der Waals surface area (Å²) < 4.78 is 21.5. The van der Waals surface area contributed by atoms with Crippen molar-refractivity contribution in [3.63, 3.8) is 0 Å². The number of nitrogens with zero attached hydrogens (tertiary/aromatic N) is 4. The van der Waals surface area contributed by atoms with Gasteiger partial charge in [-0.3, -0.25) is 14.5 Å². The molecule has 1 saturated heterocycles. The zero-order chi connectivity index (χ0) is 24.8. The molecule has 1 aliphatic heterocycles. The Hall–Kier alpha value is -2.52. The largest absolute Gasteiger partial charge is 0.466 e. The summed E-state index contributed by atoms with van der Waals surface area (Å²) >= 11 is 4.80. The lowest BCUT2D eigenvalue weighted by Crippen LogP contribution is -2.42. The van der Waals surface area contributed by atoms with E-state index >= 15 is 0 Å². The quantitative estimate of drug-likeness (QED) is 0.282. The molecule has 0 spiro atoms. The predicted molar refractivity (Wildman–Crippen MR) is 134 cm³/mol. The summed E-state index contributed by atoms with van der Waals surface area (Å²) in [5, 5.41) is 8.30. The zero-order valence-corrected chi connectivity index (χ0v) is 21.0. The van der Waals surface area contributed by atoms with Crippen LogP contribution in [-0.4, -0.2) is 56.6 Å². The number of benzene rings is 1. The zero-order valence-electron chi connectivity index (χ0n) is 20.1. The van der Waals surface area contributed by atoms with Gasteiger partial charge < -0.3 is 4.74 Å². The molecule has 188 valence electrons. The van der Waals surface area contributed by atoms with Gasteiger partial charge in [0, 0.05) is 42.8 Å². The highest BCUT2D eigenvalue weighted by molar-refractivity contribution is 7.81. The first kappa shape index (κ1) is 25.6. The highest BCUT2D eigenvalue weighted by atomic mass is 32.1. The first-order valence-corrected chi connectivity index (χ1v) is 12.9. The molecule has 1 aliphatic carbocycles. The van der Waals surface area contributed by atoms with Crippen LogP contribution < -0.4 is 0 Å². The Morgan fingerprint density at radius 2 is 2.06 bits per heavy atom. The van der Waals surface area contributed by atoms with E-state index in [-0.39, 0.29) is 28.7 Å². The van der Waals surface area contributed by atoms with Crippen LogP contribution in [0.3, 0.4) is 0 Å². The van der Waals surface area contributed by atoms with Crippen LogP contribution in [0.1, 0.15) is 62.7 Å². The van der Waals surface area contributed by atoms with Crippen LogP contribution >= 0.6 is 12.6 Å². The summed E-state index contributed by atoms with van der Waals surface area (Å²) in [4.78, 5) is 26.9. The normalized spacial score (nSPS) is 20.7. The molecule has 2 heterocycles. The number of carbonyl (C=O) groups excluding carboxylic acids is 2. The van der Waals surface area contributed by atoms with Crippen LogP contribution in [0, 0.1) is 11.7 Å². The lowest BCUT2D eigenvalue weighted by atomic mass is 9.93. The van der Waals surface area contributed by atoms with E-state index in [1.165, 1.54) is 6.07 Å². The number of ketones is 1. The molecular weight excluding hydrogens is 467 g/mol.